The van der Waals surface area contributed by atoms with E-state index in [-0.39, 0.29) is 11.9 Å². The number of nitrogens with zero attached hydrogens (tertiary/aromatic N) is 2. The molecule has 0 bridgehead atoms. The van der Waals surface area contributed by atoms with E-state index in [4.69, 9.17) is 5.26 Å². The largest absolute Gasteiger partial charge is 0.325 e. The summed E-state index contributed by atoms with van der Waals surface area (Å²) in [6.45, 7) is 9.51. The van der Waals surface area contributed by atoms with E-state index in [0.29, 0.717) is 18.0 Å². The van der Waals surface area contributed by atoms with E-state index in [9.17, 15) is 4.79 Å². The summed E-state index contributed by atoms with van der Waals surface area (Å²) in [6.07, 6.45) is 0. The summed E-state index contributed by atoms with van der Waals surface area (Å²) in [5, 5.41) is 11.9. The van der Waals surface area contributed by atoms with E-state index >= 15 is 0 Å². The van der Waals surface area contributed by atoms with E-state index in [0.717, 1.165) is 17.8 Å². The average molecular weight is 349 g/mol. The van der Waals surface area contributed by atoms with Crippen LogP contribution >= 0.6 is 0 Å². The summed E-state index contributed by atoms with van der Waals surface area (Å²) in [5.74, 6) is 0.452. The maximum Gasteiger partial charge on any atom is 0.238 e. The van der Waals surface area contributed by atoms with Crippen LogP contribution in [-0.2, 0) is 4.79 Å². The molecule has 0 fully saturated rings. The molecule has 4 heteroatoms. The number of carbonyl (C=O) groups excluding carboxylic acids is 1. The van der Waals surface area contributed by atoms with Gasteiger partial charge in [0.15, 0.2) is 0 Å². The molecule has 0 heterocycles. The molecule has 136 valence electrons. The zero-order valence-electron chi connectivity index (χ0n) is 16.0. The monoisotopic (exact) mass is 349 g/mol. The SMILES string of the molecule is CCN(CC(=O)Nc1ccc(C(C)C)cc1)C(C)c1ccc(C#N)cc1. The summed E-state index contributed by atoms with van der Waals surface area (Å²) >= 11 is 0. The molecule has 1 atom stereocenters. The number of likely N-dealkylation sites (N-methyl/N-ethyl adjacent to an activating group) is 1. The molecule has 0 radical (unpaired) electrons. The van der Waals surface area contributed by atoms with E-state index in [2.05, 4.69) is 49.2 Å². The van der Waals surface area contributed by atoms with Gasteiger partial charge in [0, 0.05) is 11.7 Å². The standard InChI is InChI=1S/C22H27N3O/c1-5-25(17(4)20-8-6-18(14-23)7-9-20)15-22(26)24-21-12-10-19(11-13-21)16(2)3/h6-13,16-17H,5,15H2,1-4H3,(H,24,26). The normalized spacial score (nSPS) is 12.0. The van der Waals surface area contributed by atoms with Gasteiger partial charge < -0.3 is 5.32 Å². The molecule has 0 aliphatic carbocycles. The Morgan fingerprint density at radius 3 is 2.12 bits per heavy atom. The van der Waals surface area contributed by atoms with Crippen LogP contribution in [0.25, 0.3) is 0 Å². The lowest BCUT2D eigenvalue weighted by atomic mass is 10.0. The average Bonchev–Trinajstić information content (AvgIpc) is 2.66. The van der Waals surface area contributed by atoms with Crippen molar-refractivity contribution in [2.45, 2.75) is 39.7 Å². The first-order chi connectivity index (χ1) is 12.4. The lowest BCUT2D eigenvalue weighted by Gasteiger charge is -2.27. The smallest absolute Gasteiger partial charge is 0.238 e. The first-order valence-electron chi connectivity index (χ1n) is 9.08. The number of nitrogens with one attached hydrogen (secondary N) is 1. The molecule has 0 aromatic heterocycles. The van der Waals surface area contributed by atoms with Crippen molar-refractivity contribution < 1.29 is 4.79 Å². The number of hydrogen-bond donors (Lipinski definition) is 1. The second-order valence-corrected chi connectivity index (χ2v) is 6.80. The molecule has 0 aliphatic rings. The topological polar surface area (TPSA) is 56.1 Å². The van der Waals surface area contributed by atoms with Gasteiger partial charge in [0.05, 0.1) is 18.2 Å². The summed E-state index contributed by atoms with van der Waals surface area (Å²) in [6, 6.07) is 17.8. The minimum atomic E-state index is -0.0235. The van der Waals surface area contributed by atoms with E-state index in [1.807, 2.05) is 43.3 Å². The van der Waals surface area contributed by atoms with Crippen molar-refractivity contribution in [2.75, 3.05) is 18.4 Å². The van der Waals surface area contributed by atoms with Crippen LogP contribution in [0.15, 0.2) is 48.5 Å². The number of rotatable bonds is 7. The van der Waals surface area contributed by atoms with Crippen LogP contribution in [0.1, 0.15) is 56.3 Å². The van der Waals surface area contributed by atoms with E-state index in [1.165, 1.54) is 5.56 Å². The van der Waals surface area contributed by atoms with Gasteiger partial charge in [0.2, 0.25) is 5.91 Å². The second kappa shape index (κ2) is 9.17. The van der Waals surface area contributed by atoms with Crippen molar-refractivity contribution in [2.24, 2.45) is 0 Å². The Balaban J connectivity index is 1.99. The van der Waals surface area contributed by atoms with Gasteiger partial charge in [-0.2, -0.15) is 5.26 Å². The van der Waals surface area contributed by atoms with Crippen molar-refractivity contribution in [3.63, 3.8) is 0 Å². The Hall–Kier alpha value is -2.64. The predicted octanol–water partition coefficient (Wildman–Crippen LogP) is 4.70. The molecular weight excluding hydrogens is 322 g/mol. The van der Waals surface area contributed by atoms with Gasteiger partial charge in [-0.25, -0.2) is 0 Å². The number of hydrogen-bond acceptors (Lipinski definition) is 3. The Labute approximate surface area is 156 Å². The number of carbonyl (C=O) groups is 1. The Kier molecular flexibility index (Phi) is 6.94. The van der Waals surface area contributed by atoms with Crippen molar-refractivity contribution in [3.8, 4) is 6.07 Å². The number of amides is 1. The van der Waals surface area contributed by atoms with Crippen molar-refractivity contribution >= 4 is 11.6 Å². The maximum atomic E-state index is 12.4. The molecule has 4 nitrogen and oxygen atoms in total. The van der Waals surface area contributed by atoms with Gasteiger partial charge >= 0.3 is 0 Å². The Morgan fingerprint density at radius 1 is 1.04 bits per heavy atom. The molecule has 1 N–H and O–H groups in total. The van der Waals surface area contributed by atoms with Gasteiger partial charge in [-0.05, 0) is 54.8 Å². The molecule has 0 saturated carbocycles. The van der Waals surface area contributed by atoms with Crippen LogP contribution in [0.2, 0.25) is 0 Å². The van der Waals surface area contributed by atoms with Crippen molar-refractivity contribution in [1.29, 1.82) is 5.26 Å². The molecule has 0 saturated heterocycles. The highest BCUT2D eigenvalue weighted by Gasteiger charge is 2.17. The van der Waals surface area contributed by atoms with Gasteiger partial charge in [-0.1, -0.05) is 45.0 Å². The predicted molar refractivity (Wildman–Crippen MR) is 106 cm³/mol. The molecular formula is C22H27N3O. The third-order valence-electron chi connectivity index (χ3n) is 4.68. The zero-order valence-corrected chi connectivity index (χ0v) is 16.0. The van der Waals surface area contributed by atoms with Crippen molar-refractivity contribution in [1.82, 2.24) is 4.90 Å². The minimum absolute atomic E-state index is 0.0235. The maximum absolute atomic E-state index is 12.4. The summed E-state index contributed by atoms with van der Waals surface area (Å²) < 4.78 is 0. The fourth-order valence-corrected chi connectivity index (χ4v) is 2.91. The second-order valence-electron chi connectivity index (χ2n) is 6.80. The summed E-state index contributed by atoms with van der Waals surface area (Å²) in [7, 11) is 0. The molecule has 1 unspecified atom stereocenters. The van der Waals surface area contributed by atoms with Crippen LogP contribution < -0.4 is 5.32 Å². The highest BCUT2D eigenvalue weighted by atomic mass is 16.2. The van der Waals surface area contributed by atoms with Crippen LogP contribution in [0.5, 0.6) is 0 Å². The fraction of sp³-hybridized carbons (Fsp3) is 0.364. The number of nitriles is 1. The molecule has 2 aromatic carbocycles. The lowest BCUT2D eigenvalue weighted by molar-refractivity contribution is -0.117. The quantitative estimate of drug-likeness (QED) is 0.788. The van der Waals surface area contributed by atoms with Crippen LogP contribution in [0, 0.1) is 11.3 Å². The third kappa shape index (κ3) is 5.18. The molecule has 26 heavy (non-hydrogen) atoms. The summed E-state index contributed by atoms with van der Waals surface area (Å²) in [4.78, 5) is 14.6. The fourth-order valence-electron chi connectivity index (χ4n) is 2.91. The molecule has 0 aliphatic heterocycles. The molecule has 2 aromatic rings. The van der Waals surface area contributed by atoms with Crippen LogP contribution in [0.3, 0.4) is 0 Å². The van der Waals surface area contributed by atoms with E-state index < -0.39 is 0 Å². The van der Waals surface area contributed by atoms with Gasteiger partial charge in [0.25, 0.3) is 0 Å². The number of anilines is 1. The Bertz CT molecular complexity index is 757. The van der Waals surface area contributed by atoms with Crippen LogP contribution in [-0.4, -0.2) is 23.9 Å². The highest BCUT2D eigenvalue weighted by molar-refractivity contribution is 5.92. The first-order valence-corrected chi connectivity index (χ1v) is 9.08. The molecule has 2 rings (SSSR count). The van der Waals surface area contributed by atoms with Gasteiger partial charge in [-0.15, -0.1) is 0 Å². The van der Waals surface area contributed by atoms with Gasteiger partial charge in [0.1, 0.15) is 0 Å². The number of benzene rings is 2. The van der Waals surface area contributed by atoms with Crippen molar-refractivity contribution in [3.05, 3.63) is 65.2 Å². The summed E-state index contributed by atoms with van der Waals surface area (Å²) in [5.41, 5.74) is 3.82. The van der Waals surface area contributed by atoms with Crippen LogP contribution in [0.4, 0.5) is 5.69 Å². The minimum Gasteiger partial charge on any atom is -0.325 e. The Morgan fingerprint density at radius 2 is 1.62 bits per heavy atom. The molecule has 0 spiro atoms. The zero-order chi connectivity index (χ0) is 19.1. The lowest BCUT2D eigenvalue weighted by Crippen LogP contribution is -2.35. The van der Waals surface area contributed by atoms with E-state index in [1.54, 1.807) is 0 Å². The van der Waals surface area contributed by atoms with Gasteiger partial charge in [-0.3, -0.25) is 9.69 Å². The molecule has 1 amide bonds. The highest BCUT2D eigenvalue weighted by Crippen LogP contribution is 2.21. The third-order valence-corrected chi connectivity index (χ3v) is 4.68. The first kappa shape index (κ1) is 19.7.